The number of methoxy groups -OCH3 is 1. The highest BCUT2D eigenvalue weighted by molar-refractivity contribution is 5.81. The van der Waals surface area contributed by atoms with Gasteiger partial charge in [0.15, 0.2) is 0 Å². The molecule has 4 heteroatoms. The lowest BCUT2D eigenvalue weighted by molar-refractivity contribution is -0.133. The van der Waals surface area contributed by atoms with Gasteiger partial charge < -0.3 is 14.2 Å². The Labute approximate surface area is 109 Å². The van der Waals surface area contributed by atoms with Crippen LogP contribution in [0.3, 0.4) is 0 Å². The topological polar surface area (TPSA) is 34.5 Å². The number of nitrogens with zero attached hydrogens (tertiary/aromatic N) is 2. The van der Waals surface area contributed by atoms with Crippen LogP contribution in [0.4, 0.5) is 0 Å². The Balaban J connectivity index is 1.95. The molecule has 100 valence electrons. The summed E-state index contributed by atoms with van der Waals surface area (Å²) in [5.41, 5.74) is 1.18. The zero-order valence-electron chi connectivity index (χ0n) is 11.3. The molecule has 2 rings (SSSR count). The molecule has 1 aromatic heterocycles. The lowest BCUT2D eigenvalue weighted by Gasteiger charge is -2.23. The normalized spacial score (nSPS) is 14.8. The summed E-state index contributed by atoms with van der Waals surface area (Å²) in [7, 11) is 3.72. The number of hydrogen-bond acceptors (Lipinski definition) is 2. The molecule has 1 saturated carbocycles. The molecular weight excluding hydrogens is 228 g/mol. The van der Waals surface area contributed by atoms with Gasteiger partial charge in [-0.25, -0.2) is 0 Å². The van der Waals surface area contributed by atoms with Gasteiger partial charge in [-0.2, -0.15) is 0 Å². The molecule has 0 spiro atoms. The van der Waals surface area contributed by atoms with Crippen LogP contribution in [-0.4, -0.2) is 35.6 Å². The number of carbonyl (C=O) groups excluding carboxylic acids is 1. The molecule has 1 aromatic rings. The minimum atomic E-state index is 0.285. The largest absolute Gasteiger partial charge is 0.385 e. The average Bonchev–Trinajstić information content (AvgIpc) is 3.13. The van der Waals surface area contributed by atoms with E-state index in [9.17, 15) is 4.79 Å². The van der Waals surface area contributed by atoms with Crippen molar-refractivity contribution in [2.45, 2.75) is 25.8 Å². The highest BCUT2D eigenvalue weighted by Crippen LogP contribution is 2.31. The molecule has 0 unspecified atom stereocenters. The molecule has 1 aliphatic carbocycles. The second kappa shape index (κ2) is 6.05. The Bertz CT molecular complexity index is 396. The molecule has 18 heavy (non-hydrogen) atoms. The van der Waals surface area contributed by atoms with E-state index in [0.29, 0.717) is 19.1 Å². The van der Waals surface area contributed by atoms with Gasteiger partial charge in [0.2, 0.25) is 5.91 Å². The third-order valence-corrected chi connectivity index (χ3v) is 3.42. The molecule has 1 fully saturated rings. The SMILES string of the molecule is COCCCN(Cc1cccn1C)C(=O)C1CC1. The minimum Gasteiger partial charge on any atom is -0.385 e. The predicted octanol–water partition coefficient (Wildman–Crippen LogP) is 1.80. The van der Waals surface area contributed by atoms with Crippen molar-refractivity contribution in [2.24, 2.45) is 13.0 Å². The number of ether oxygens (including phenoxy) is 1. The van der Waals surface area contributed by atoms with Crippen LogP contribution in [0.25, 0.3) is 0 Å². The molecule has 0 aliphatic heterocycles. The summed E-state index contributed by atoms with van der Waals surface area (Å²) in [6, 6.07) is 4.09. The number of hydrogen-bond donors (Lipinski definition) is 0. The van der Waals surface area contributed by atoms with E-state index in [1.54, 1.807) is 7.11 Å². The van der Waals surface area contributed by atoms with Crippen LogP contribution in [-0.2, 0) is 23.1 Å². The van der Waals surface area contributed by atoms with Gasteiger partial charge >= 0.3 is 0 Å². The van der Waals surface area contributed by atoms with E-state index in [2.05, 4.69) is 10.6 Å². The first kappa shape index (κ1) is 13.1. The van der Waals surface area contributed by atoms with Crippen molar-refractivity contribution in [2.75, 3.05) is 20.3 Å². The van der Waals surface area contributed by atoms with Crippen molar-refractivity contribution >= 4 is 5.91 Å². The van der Waals surface area contributed by atoms with Crippen LogP contribution in [0.5, 0.6) is 0 Å². The predicted molar refractivity (Wildman–Crippen MR) is 70.0 cm³/mol. The second-order valence-electron chi connectivity index (χ2n) is 4.99. The van der Waals surface area contributed by atoms with E-state index in [0.717, 1.165) is 25.8 Å². The third-order valence-electron chi connectivity index (χ3n) is 3.42. The van der Waals surface area contributed by atoms with Crippen LogP contribution >= 0.6 is 0 Å². The molecule has 0 bridgehead atoms. The van der Waals surface area contributed by atoms with Crippen molar-refractivity contribution in [3.8, 4) is 0 Å². The molecule has 0 N–H and O–H groups in total. The summed E-state index contributed by atoms with van der Waals surface area (Å²) in [5.74, 6) is 0.597. The van der Waals surface area contributed by atoms with Crippen molar-refractivity contribution < 1.29 is 9.53 Å². The molecule has 1 heterocycles. The fraction of sp³-hybridized carbons (Fsp3) is 0.643. The number of carbonyl (C=O) groups is 1. The second-order valence-corrected chi connectivity index (χ2v) is 4.99. The summed E-state index contributed by atoms with van der Waals surface area (Å²) in [6.45, 7) is 2.21. The van der Waals surface area contributed by atoms with Crippen LogP contribution in [0.2, 0.25) is 0 Å². The van der Waals surface area contributed by atoms with Crippen molar-refractivity contribution in [1.29, 1.82) is 0 Å². The van der Waals surface area contributed by atoms with Gasteiger partial charge in [-0.15, -0.1) is 0 Å². The minimum absolute atomic E-state index is 0.285. The molecule has 1 aliphatic rings. The molecular formula is C14H22N2O2. The van der Waals surface area contributed by atoms with E-state index in [4.69, 9.17) is 4.74 Å². The van der Waals surface area contributed by atoms with Crippen LogP contribution < -0.4 is 0 Å². The van der Waals surface area contributed by atoms with E-state index in [1.165, 1.54) is 5.69 Å². The third kappa shape index (κ3) is 3.35. The van der Waals surface area contributed by atoms with E-state index >= 15 is 0 Å². The van der Waals surface area contributed by atoms with Gasteiger partial charge in [0.25, 0.3) is 0 Å². The Kier molecular flexibility index (Phi) is 4.42. The van der Waals surface area contributed by atoms with Crippen molar-refractivity contribution in [3.05, 3.63) is 24.0 Å². The van der Waals surface area contributed by atoms with Crippen LogP contribution in [0, 0.1) is 5.92 Å². The summed E-state index contributed by atoms with van der Waals surface area (Å²) in [4.78, 5) is 14.2. The first-order valence-corrected chi connectivity index (χ1v) is 6.60. The summed E-state index contributed by atoms with van der Waals surface area (Å²) in [5, 5.41) is 0. The van der Waals surface area contributed by atoms with Gasteiger partial charge in [-0.1, -0.05) is 0 Å². The van der Waals surface area contributed by atoms with Gasteiger partial charge in [0.1, 0.15) is 0 Å². The van der Waals surface area contributed by atoms with Crippen LogP contribution in [0.1, 0.15) is 25.0 Å². The number of rotatable bonds is 7. The number of aromatic nitrogens is 1. The maximum atomic E-state index is 12.2. The Hall–Kier alpha value is -1.29. The number of amides is 1. The quantitative estimate of drug-likeness (QED) is 0.692. The fourth-order valence-electron chi connectivity index (χ4n) is 2.11. The lowest BCUT2D eigenvalue weighted by Crippen LogP contribution is -2.33. The summed E-state index contributed by atoms with van der Waals surface area (Å²) in [6.07, 6.45) is 5.04. The Morgan fingerprint density at radius 3 is 2.89 bits per heavy atom. The van der Waals surface area contributed by atoms with Gasteiger partial charge in [0, 0.05) is 45.1 Å². The highest BCUT2D eigenvalue weighted by atomic mass is 16.5. The zero-order valence-corrected chi connectivity index (χ0v) is 11.3. The summed E-state index contributed by atoms with van der Waals surface area (Å²) >= 11 is 0. The first-order chi connectivity index (χ1) is 8.72. The smallest absolute Gasteiger partial charge is 0.226 e. The molecule has 1 amide bonds. The molecule has 4 nitrogen and oxygen atoms in total. The van der Waals surface area contributed by atoms with Crippen molar-refractivity contribution in [3.63, 3.8) is 0 Å². The average molecular weight is 250 g/mol. The molecule has 0 radical (unpaired) electrons. The molecule has 0 atom stereocenters. The number of aryl methyl sites for hydroxylation is 1. The Morgan fingerprint density at radius 1 is 1.56 bits per heavy atom. The standard InChI is InChI=1S/C14H22N2O2/c1-15-8-3-5-13(15)11-16(9-4-10-18-2)14(17)12-6-7-12/h3,5,8,12H,4,6-7,9-11H2,1-2H3. The van der Waals surface area contributed by atoms with E-state index in [-0.39, 0.29) is 5.92 Å². The summed E-state index contributed by atoms with van der Waals surface area (Å²) < 4.78 is 7.14. The first-order valence-electron chi connectivity index (χ1n) is 6.60. The monoisotopic (exact) mass is 250 g/mol. The Morgan fingerprint density at radius 2 is 2.33 bits per heavy atom. The molecule has 0 aromatic carbocycles. The van der Waals surface area contributed by atoms with E-state index < -0.39 is 0 Å². The zero-order chi connectivity index (χ0) is 13.0. The van der Waals surface area contributed by atoms with Gasteiger partial charge in [-0.3, -0.25) is 4.79 Å². The maximum absolute atomic E-state index is 12.2. The van der Waals surface area contributed by atoms with Crippen molar-refractivity contribution in [1.82, 2.24) is 9.47 Å². The van der Waals surface area contributed by atoms with Crippen LogP contribution in [0.15, 0.2) is 18.3 Å². The highest BCUT2D eigenvalue weighted by Gasteiger charge is 2.33. The lowest BCUT2D eigenvalue weighted by atomic mass is 10.3. The van der Waals surface area contributed by atoms with Gasteiger partial charge in [0.05, 0.1) is 6.54 Å². The maximum Gasteiger partial charge on any atom is 0.226 e. The van der Waals surface area contributed by atoms with E-state index in [1.807, 2.05) is 24.2 Å². The van der Waals surface area contributed by atoms with Gasteiger partial charge in [-0.05, 0) is 31.4 Å². The molecule has 0 saturated heterocycles. The fourth-order valence-corrected chi connectivity index (χ4v) is 2.11.